The maximum Gasteiger partial charge on any atom is 0.233 e. The first-order valence-corrected chi connectivity index (χ1v) is 9.70. The molecule has 0 radical (unpaired) electrons. The smallest absolute Gasteiger partial charge is 0.233 e. The molecule has 1 aromatic rings. The molecule has 2 aliphatic rings. The molecule has 0 unspecified atom stereocenters. The van der Waals surface area contributed by atoms with Crippen LogP contribution in [0.25, 0.3) is 0 Å². The van der Waals surface area contributed by atoms with Crippen LogP contribution in [0, 0.1) is 11.8 Å². The van der Waals surface area contributed by atoms with Gasteiger partial charge in [0.05, 0.1) is 23.2 Å². The van der Waals surface area contributed by atoms with E-state index >= 15 is 0 Å². The van der Waals surface area contributed by atoms with Crippen molar-refractivity contribution in [3.63, 3.8) is 0 Å². The number of nitrogens with zero attached hydrogens (tertiary/aromatic N) is 1. The maximum atomic E-state index is 12.4. The van der Waals surface area contributed by atoms with Gasteiger partial charge < -0.3 is 10.6 Å². The van der Waals surface area contributed by atoms with E-state index in [9.17, 15) is 19.2 Å². The zero-order valence-electron chi connectivity index (χ0n) is 15.9. The summed E-state index contributed by atoms with van der Waals surface area (Å²) in [5.41, 5.74) is 1.02. The lowest BCUT2D eigenvalue weighted by molar-refractivity contribution is -0.140. The summed E-state index contributed by atoms with van der Waals surface area (Å²) >= 11 is 0. The van der Waals surface area contributed by atoms with Gasteiger partial charge in [-0.2, -0.15) is 0 Å². The predicted octanol–water partition coefficient (Wildman–Crippen LogP) is 2.71. The van der Waals surface area contributed by atoms with Crippen molar-refractivity contribution in [2.24, 2.45) is 11.8 Å². The van der Waals surface area contributed by atoms with Crippen molar-refractivity contribution in [1.29, 1.82) is 0 Å². The van der Waals surface area contributed by atoms with Gasteiger partial charge in [-0.3, -0.25) is 24.1 Å². The van der Waals surface area contributed by atoms with E-state index in [1.165, 1.54) is 4.90 Å². The fraction of sp³-hybridized carbons (Fsp3) is 0.429. The molecule has 148 valence electrons. The fourth-order valence-corrected chi connectivity index (χ4v) is 3.66. The Balaban J connectivity index is 1.57. The monoisotopic (exact) mass is 383 g/mol. The number of amides is 4. The van der Waals surface area contributed by atoms with E-state index in [1.807, 2.05) is 19.1 Å². The summed E-state index contributed by atoms with van der Waals surface area (Å²) < 4.78 is 0. The maximum absolute atomic E-state index is 12.4. The molecule has 0 aromatic heterocycles. The molecule has 0 saturated carbocycles. The van der Waals surface area contributed by atoms with Gasteiger partial charge in [-0.25, -0.2) is 0 Å². The number of para-hydroxylation sites is 2. The highest BCUT2D eigenvalue weighted by atomic mass is 16.2. The molecule has 1 aromatic carbocycles. The highest BCUT2D eigenvalue weighted by Gasteiger charge is 2.46. The zero-order valence-corrected chi connectivity index (χ0v) is 15.9. The third kappa shape index (κ3) is 4.30. The van der Waals surface area contributed by atoms with E-state index in [0.717, 1.165) is 6.42 Å². The van der Waals surface area contributed by atoms with Crippen molar-refractivity contribution in [2.75, 3.05) is 17.2 Å². The summed E-state index contributed by atoms with van der Waals surface area (Å²) in [4.78, 5) is 50.3. The van der Waals surface area contributed by atoms with E-state index in [4.69, 9.17) is 0 Å². The molecule has 28 heavy (non-hydrogen) atoms. The Bertz CT molecular complexity index is 792. The molecule has 1 heterocycles. The summed E-state index contributed by atoms with van der Waals surface area (Å²) in [6.45, 7) is 1.99. The van der Waals surface area contributed by atoms with Crippen LogP contribution in [0.5, 0.6) is 0 Å². The summed E-state index contributed by atoms with van der Waals surface area (Å²) in [6.07, 6.45) is 6.19. The minimum Gasteiger partial charge on any atom is -0.324 e. The number of carbonyl (C=O) groups is 4. The van der Waals surface area contributed by atoms with E-state index in [0.29, 0.717) is 30.6 Å². The molecular weight excluding hydrogens is 358 g/mol. The number of benzene rings is 1. The van der Waals surface area contributed by atoms with E-state index in [1.54, 1.807) is 24.3 Å². The molecule has 2 atom stereocenters. The van der Waals surface area contributed by atoms with Crippen LogP contribution in [0.15, 0.2) is 36.4 Å². The Morgan fingerprint density at radius 3 is 1.93 bits per heavy atom. The lowest BCUT2D eigenvalue weighted by Gasteiger charge is -2.15. The van der Waals surface area contributed by atoms with Crippen LogP contribution in [0.3, 0.4) is 0 Å². The molecular formula is C21H25N3O4. The van der Waals surface area contributed by atoms with Crippen molar-refractivity contribution in [3.8, 4) is 0 Å². The number of allylic oxidation sites excluding steroid dienone is 2. The Kier molecular flexibility index (Phi) is 6.23. The van der Waals surface area contributed by atoms with Gasteiger partial charge in [-0.05, 0) is 31.4 Å². The number of hydrogen-bond donors (Lipinski definition) is 2. The van der Waals surface area contributed by atoms with Crippen LogP contribution >= 0.6 is 0 Å². The van der Waals surface area contributed by atoms with Gasteiger partial charge in [0.15, 0.2) is 0 Å². The Labute approximate surface area is 164 Å². The van der Waals surface area contributed by atoms with Crippen LogP contribution in [0.2, 0.25) is 0 Å². The summed E-state index contributed by atoms with van der Waals surface area (Å²) in [5, 5.41) is 5.54. The third-order valence-corrected chi connectivity index (χ3v) is 5.11. The standard InChI is InChI=1S/C21H25N3O4/c1-2-7-18(25)22-16-10-5-6-11-17(16)23-19(26)12-13-24-20(27)14-8-3-4-9-15(14)21(24)28/h3-6,10-11,14-15H,2,7-9,12-13H2,1H3,(H,22,25)(H,23,26)/t14-,15-/m0/s1. The topological polar surface area (TPSA) is 95.6 Å². The molecule has 7 heteroatoms. The van der Waals surface area contributed by atoms with E-state index < -0.39 is 0 Å². The Morgan fingerprint density at radius 1 is 0.929 bits per heavy atom. The fourth-order valence-electron chi connectivity index (χ4n) is 3.66. The quantitative estimate of drug-likeness (QED) is 0.559. The van der Waals surface area contributed by atoms with Gasteiger partial charge in [0.1, 0.15) is 0 Å². The molecule has 4 amide bonds. The number of likely N-dealkylation sites (tertiary alicyclic amines) is 1. The number of rotatable bonds is 7. The first-order chi connectivity index (χ1) is 13.5. The summed E-state index contributed by atoms with van der Waals surface area (Å²) in [7, 11) is 0. The second kappa shape index (κ2) is 8.82. The first-order valence-electron chi connectivity index (χ1n) is 9.70. The minimum absolute atomic E-state index is 0.0155. The molecule has 0 bridgehead atoms. The molecule has 2 N–H and O–H groups in total. The molecule has 0 spiro atoms. The number of nitrogens with one attached hydrogen (secondary N) is 2. The summed E-state index contributed by atoms with van der Waals surface area (Å²) in [6, 6.07) is 6.95. The van der Waals surface area contributed by atoms with Gasteiger partial charge in [-0.1, -0.05) is 31.2 Å². The van der Waals surface area contributed by atoms with Crippen LogP contribution in [-0.4, -0.2) is 35.1 Å². The lowest BCUT2D eigenvalue weighted by atomic mass is 9.85. The number of carbonyl (C=O) groups excluding carboxylic acids is 4. The second-order valence-electron chi connectivity index (χ2n) is 7.13. The number of imide groups is 1. The first kappa shape index (κ1) is 19.8. The highest BCUT2D eigenvalue weighted by molar-refractivity contribution is 6.06. The molecule has 1 fully saturated rings. The Morgan fingerprint density at radius 2 is 1.43 bits per heavy atom. The van der Waals surface area contributed by atoms with Gasteiger partial charge >= 0.3 is 0 Å². The van der Waals surface area contributed by atoms with Crippen molar-refractivity contribution in [3.05, 3.63) is 36.4 Å². The van der Waals surface area contributed by atoms with E-state index in [2.05, 4.69) is 10.6 Å². The van der Waals surface area contributed by atoms with Crippen LogP contribution < -0.4 is 10.6 Å². The zero-order chi connectivity index (χ0) is 20.1. The average Bonchev–Trinajstić information content (AvgIpc) is 2.93. The molecule has 3 rings (SSSR count). The van der Waals surface area contributed by atoms with Gasteiger partial charge in [0, 0.05) is 19.4 Å². The number of fused-ring (bicyclic) bond motifs is 1. The van der Waals surface area contributed by atoms with Gasteiger partial charge in [-0.15, -0.1) is 0 Å². The number of anilines is 2. The molecule has 7 nitrogen and oxygen atoms in total. The molecule has 1 aliphatic heterocycles. The second-order valence-corrected chi connectivity index (χ2v) is 7.13. The SMILES string of the molecule is CCCC(=O)Nc1ccccc1NC(=O)CCN1C(=O)[C@H]2CC=CC[C@@H]2C1=O. The van der Waals surface area contributed by atoms with Gasteiger partial charge in [0.2, 0.25) is 23.6 Å². The lowest BCUT2D eigenvalue weighted by Crippen LogP contribution is -2.34. The predicted molar refractivity (Wildman–Crippen MR) is 105 cm³/mol. The van der Waals surface area contributed by atoms with Crippen molar-refractivity contribution < 1.29 is 19.2 Å². The van der Waals surface area contributed by atoms with Crippen molar-refractivity contribution in [1.82, 2.24) is 4.90 Å². The molecule has 1 aliphatic carbocycles. The third-order valence-electron chi connectivity index (χ3n) is 5.11. The van der Waals surface area contributed by atoms with E-state index in [-0.39, 0.29) is 48.4 Å². The average molecular weight is 383 g/mol. The highest BCUT2D eigenvalue weighted by Crippen LogP contribution is 2.35. The summed E-state index contributed by atoms with van der Waals surface area (Å²) in [5.74, 6) is -1.36. The van der Waals surface area contributed by atoms with Crippen molar-refractivity contribution >= 4 is 35.0 Å². The number of hydrogen-bond acceptors (Lipinski definition) is 4. The van der Waals surface area contributed by atoms with Crippen LogP contribution in [0.1, 0.15) is 39.0 Å². The van der Waals surface area contributed by atoms with Crippen LogP contribution in [-0.2, 0) is 19.2 Å². The van der Waals surface area contributed by atoms with Gasteiger partial charge in [0.25, 0.3) is 0 Å². The Hall–Kier alpha value is -2.96. The largest absolute Gasteiger partial charge is 0.324 e. The normalized spacial score (nSPS) is 20.8. The minimum atomic E-state index is -0.314. The molecule has 1 saturated heterocycles. The van der Waals surface area contributed by atoms with Crippen LogP contribution in [0.4, 0.5) is 11.4 Å². The van der Waals surface area contributed by atoms with Crippen molar-refractivity contribution in [2.45, 2.75) is 39.0 Å².